The highest BCUT2D eigenvalue weighted by Gasteiger charge is 2.28. The highest BCUT2D eigenvalue weighted by atomic mass is 79.9. The Morgan fingerprint density at radius 2 is 1.90 bits per heavy atom. The second-order valence-corrected chi connectivity index (χ2v) is 6.35. The molecule has 0 unspecified atom stereocenters. The number of amides is 2. The van der Waals surface area contributed by atoms with Crippen molar-refractivity contribution in [3.8, 4) is 0 Å². The van der Waals surface area contributed by atoms with E-state index in [9.17, 15) is 9.59 Å². The number of halogens is 2. The molecule has 0 fully saturated rings. The SMILES string of the molecule is O=C1CN(C(=O)c2ccc(Br)cc2Br)c2ccccc2N1. The van der Waals surface area contributed by atoms with Crippen molar-refractivity contribution in [2.24, 2.45) is 0 Å². The predicted octanol–water partition coefficient (Wildman–Crippen LogP) is 3.81. The lowest BCUT2D eigenvalue weighted by Gasteiger charge is -2.29. The van der Waals surface area contributed by atoms with Gasteiger partial charge in [0, 0.05) is 8.95 Å². The Labute approximate surface area is 138 Å². The number of hydrogen-bond donors (Lipinski definition) is 1. The van der Waals surface area contributed by atoms with E-state index in [1.165, 1.54) is 4.90 Å². The van der Waals surface area contributed by atoms with Crippen LogP contribution in [0.25, 0.3) is 0 Å². The van der Waals surface area contributed by atoms with Crippen molar-refractivity contribution >= 4 is 55.0 Å². The molecule has 0 radical (unpaired) electrons. The first kappa shape index (κ1) is 14.3. The maximum absolute atomic E-state index is 12.7. The van der Waals surface area contributed by atoms with Crippen LogP contribution in [0.15, 0.2) is 51.4 Å². The average Bonchev–Trinajstić information content (AvgIpc) is 2.45. The van der Waals surface area contributed by atoms with Crippen molar-refractivity contribution in [3.05, 3.63) is 57.0 Å². The van der Waals surface area contributed by atoms with E-state index in [1.54, 1.807) is 18.2 Å². The summed E-state index contributed by atoms with van der Waals surface area (Å²) in [6, 6.07) is 12.6. The van der Waals surface area contributed by atoms with Crippen LogP contribution in [0.5, 0.6) is 0 Å². The topological polar surface area (TPSA) is 49.4 Å². The molecule has 2 aromatic rings. The molecular weight excluding hydrogens is 400 g/mol. The third-order valence-electron chi connectivity index (χ3n) is 3.18. The van der Waals surface area contributed by atoms with Crippen LogP contribution < -0.4 is 10.2 Å². The number of carbonyl (C=O) groups is 2. The van der Waals surface area contributed by atoms with E-state index in [0.29, 0.717) is 21.4 Å². The average molecular weight is 410 g/mol. The lowest BCUT2D eigenvalue weighted by atomic mass is 10.1. The number of anilines is 2. The van der Waals surface area contributed by atoms with Crippen LogP contribution in [-0.4, -0.2) is 18.4 Å². The Bertz CT molecular complexity index is 746. The van der Waals surface area contributed by atoms with Crippen LogP contribution >= 0.6 is 31.9 Å². The van der Waals surface area contributed by atoms with E-state index < -0.39 is 0 Å². The quantitative estimate of drug-likeness (QED) is 0.778. The van der Waals surface area contributed by atoms with Crippen LogP contribution in [0.4, 0.5) is 11.4 Å². The molecule has 0 atom stereocenters. The van der Waals surface area contributed by atoms with Gasteiger partial charge < -0.3 is 5.32 Å². The van der Waals surface area contributed by atoms with Gasteiger partial charge in [-0.15, -0.1) is 0 Å². The van der Waals surface area contributed by atoms with E-state index in [0.717, 1.165) is 4.47 Å². The van der Waals surface area contributed by atoms with Crippen molar-refractivity contribution in [3.63, 3.8) is 0 Å². The Hall–Kier alpha value is -1.66. The standard InChI is InChI=1S/C15H10Br2N2O2/c16-9-5-6-10(11(17)7-9)15(21)19-8-14(20)18-12-3-1-2-4-13(12)19/h1-7H,8H2,(H,18,20). The molecule has 1 N–H and O–H groups in total. The molecule has 2 aromatic carbocycles. The van der Waals surface area contributed by atoms with Gasteiger partial charge in [0.15, 0.2) is 0 Å². The molecule has 4 nitrogen and oxygen atoms in total. The molecule has 0 bridgehead atoms. The maximum Gasteiger partial charge on any atom is 0.259 e. The number of nitrogens with zero attached hydrogens (tertiary/aromatic N) is 1. The van der Waals surface area contributed by atoms with Crippen molar-refractivity contribution in [1.82, 2.24) is 0 Å². The molecule has 106 valence electrons. The van der Waals surface area contributed by atoms with Gasteiger partial charge in [-0.3, -0.25) is 14.5 Å². The summed E-state index contributed by atoms with van der Waals surface area (Å²) in [5.41, 5.74) is 1.87. The van der Waals surface area contributed by atoms with Crippen LogP contribution in [-0.2, 0) is 4.79 Å². The van der Waals surface area contributed by atoms with Crippen molar-refractivity contribution in [1.29, 1.82) is 0 Å². The molecule has 0 spiro atoms. The minimum atomic E-state index is -0.211. The summed E-state index contributed by atoms with van der Waals surface area (Å²) >= 11 is 6.75. The van der Waals surface area contributed by atoms with Crippen LogP contribution in [0.3, 0.4) is 0 Å². The fraction of sp³-hybridized carbons (Fsp3) is 0.0667. The van der Waals surface area contributed by atoms with Gasteiger partial charge in [0.25, 0.3) is 5.91 Å². The molecule has 0 aromatic heterocycles. The lowest BCUT2D eigenvalue weighted by Crippen LogP contribution is -2.42. The summed E-state index contributed by atoms with van der Waals surface area (Å²) in [4.78, 5) is 26.0. The number of carbonyl (C=O) groups excluding carboxylic acids is 2. The number of fused-ring (bicyclic) bond motifs is 1. The number of benzene rings is 2. The Balaban J connectivity index is 2.04. The molecule has 3 rings (SSSR count). The highest BCUT2D eigenvalue weighted by Crippen LogP contribution is 2.31. The number of nitrogens with one attached hydrogen (secondary N) is 1. The summed E-state index contributed by atoms with van der Waals surface area (Å²) in [6.07, 6.45) is 0. The molecule has 2 amide bonds. The minimum Gasteiger partial charge on any atom is -0.323 e. The van der Waals surface area contributed by atoms with E-state index in [-0.39, 0.29) is 18.4 Å². The zero-order valence-electron chi connectivity index (χ0n) is 10.8. The Morgan fingerprint density at radius 3 is 2.67 bits per heavy atom. The Morgan fingerprint density at radius 1 is 1.14 bits per heavy atom. The molecule has 0 saturated heterocycles. The maximum atomic E-state index is 12.7. The van der Waals surface area contributed by atoms with Gasteiger partial charge in [0.1, 0.15) is 6.54 Å². The molecule has 0 saturated carbocycles. The van der Waals surface area contributed by atoms with Gasteiger partial charge in [-0.05, 0) is 46.3 Å². The van der Waals surface area contributed by atoms with E-state index in [1.807, 2.05) is 24.3 Å². The second-order valence-electron chi connectivity index (χ2n) is 4.58. The van der Waals surface area contributed by atoms with Crippen molar-refractivity contribution in [2.75, 3.05) is 16.8 Å². The van der Waals surface area contributed by atoms with Gasteiger partial charge in [0.05, 0.1) is 16.9 Å². The van der Waals surface area contributed by atoms with Gasteiger partial charge in [-0.1, -0.05) is 28.1 Å². The molecule has 21 heavy (non-hydrogen) atoms. The number of hydrogen-bond acceptors (Lipinski definition) is 2. The second kappa shape index (κ2) is 5.61. The van der Waals surface area contributed by atoms with E-state index in [2.05, 4.69) is 37.2 Å². The fourth-order valence-corrected chi connectivity index (χ4v) is 3.44. The largest absolute Gasteiger partial charge is 0.323 e. The molecule has 6 heteroatoms. The first-order chi connectivity index (χ1) is 10.1. The third-order valence-corrected chi connectivity index (χ3v) is 4.33. The highest BCUT2D eigenvalue weighted by molar-refractivity contribution is 9.11. The first-order valence-electron chi connectivity index (χ1n) is 6.22. The van der Waals surface area contributed by atoms with E-state index >= 15 is 0 Å². The van der Waals surface area contributed by atoms with Crippen LogP contribution in [0.2, 0.25) is 0 Å². The lowest BCUT2D eigenvalue weighted by molar-refractivity contribution is -0.115. The zero-order chi connectivity index (χ0) is 15.0. The fourth-order valence-electron chi connectivity index (χ4n) is 2.22. The summed E-state index contributed by atoms with van der Waals surface area (Å²) in [5.74, 6) is -0.410. The van der Waals surface area contributed by atoms with Crippen LogP contribution in [0, 0.1) is 0 Å². The Kier molecular flexibility index (Phi) is 3.82. The predicted molar refractivity (Wildman–Crippen MR) is 88.6 cm³/mol. The number of rotatable bonds is 1. The van der Waals surface area contributed by atoms with Gasteiger partial charge in [-0.25, -0.2) is 0 Å². The van der Waals surface area contributed by atoms with Gasteiger partial charge in [-0.2, -0.15) is 0 Å². The third kappa shape index (κ3) is 2.73. The molecule has 1 heterocycles. The van der Waals surface area contributed by atoms with E-state index in [4.69, 9.17) is 0 Å². The normalized spacial score (nSPS) is 13.6. The monoisotopic (exact) mass is 408 g/mol. The zero-order valence-corrected chi connectivity index (χ0v) is 13.9. The van der Waals surface area contributed by atoms with Gasteiger partial charge in [0.2, 0.25) is 5.91 Å². The van der Waals surface area contributed by atoms with Crippen molar-refractivity contribution in [2.45, 2.75) is 0 Å². The molecule has 1 aliphatic rings. The van der Waals surface area contributed by atoms with Gasteiger partial charge >= 0.3 is 0 Å². The molecular formula is C15H10Br2N2O2. The first-order valence-corrected chi connectivity index (χ1v) is 7.80. The smallest absolute Gasteiger partial charge is 0.259 e. The van der Waals surface area contributed by atoms with Crippen molar-refractivity contribution < 1.29 is 9.59 Å². The summed E-state index contributed by atoms with van der Waals surface area (Å²) in [7, 11) is 0. The van der Waals surface area contributed by atoms with Crippen LogP contribution in [0.1, 0.15) is 10.4 Å². The molecule has 1 aliphatic heterocycles. The minimum absolute atomic E-state index is 0.0123. The molecule has 0 aliphatic carbocycles. The summed E-state index contributed by atoms with van der Waals surface area (Å²) in [5, 5.41) is 2.77. The summed E-state index contributed by atoms with van der Waals surface area (Å²) in [6.45, 7) is 0.0123. The number of para-hydroxylation sites is 2. The summed E-state index contributed by atoms with van der Waals surface area (Å²) < 4.78 is 1.56.